The highest BCUT2D eigenvalue weighted by Crippen LogP contribution is 2.43. The molecule has 1 aromatic rings. The smallest absolute Gasteiger partial charge is 0.118 e. The summed E-state index contributed by atoms with van der Waals surface area (Å²) in [6, 6.07) is 8.15. The minimum atomic E-state index is 0.156. The molecule has 0 heterocycles. The van der Waals surface area contributed by atoms with Gasteiger partial charge >= 0.3 is 0 Å². The Bertz CT molecular complexity index is 333. The molecule has 0 amide bonds. The number of rotatable bonds is 3. The van der Waals surface area contributed by atoms with E-state index < -0.39 is 0 Å². The van der Waals surface area contributed by atoms with Gasteiger partial charge in [-0.15, -0.1) is 11.6 Å². The molecule has 0 saturated heterocycles. The van der Waals surface area contributed by atoms with Gasteiger partial charge in [0.15, 0.2) is 0 Å². The molecule has 1 nitrogen and oxygen atoms in total. The molecule has 16 heavy (non-hydrogen) atoms. The van der Waals surface area contributed by atoms with Gasteiger partial charge in [0, 0.05) is 0 Å². The maximum absolute atomic E-state index is 6.56. The molecule has 0 aliphatic heterocycles. The number of hydrogen-bond acceptors (Lipinski definition) is 1. The number of halogens is 1. The molecule has 2 heteroatoms. The Labute approximate surface area is 103 Å². The highest BCUT2D eigenvalue weighted by molar-refractivity contribution is 6.21. The second-order valence-corrected chi connectivity index (χ2v) is 5.22. The molecule has 3 unspecified atom stereocenters. The molecule has 0 spiro atoms. The van der Waals surface area contributed by atoms with Crippen molar-refractivity contribution in [2.45, 2.75) is 31.6 Å². The molecule has 3 atom stereocenters. The lowest BCUT2D eigenvalue weighted by molar-refractivity contribution is 0.403. The molecule has 1 saturated carbocycles. The van der Waals surface area contributed by atoms with Crippen LogP contribution in [-0.2, 0) is 0 Å². The zero-order valence-corrected chi connectivity index (χ0v) is 10.7. The van der Waals surface area contributed by atoms with Crippen LogP contribution < -0.4 is 4.74 Å². The summed E-state index contributed by atoms with van der Waals surface area (Å²) in [5.74, 6) is 2.28. The quantitative estimate of drug-likeness (QED) is 0.709. The van der Waals surface area contributed by atoms with E-state index >= 15 is 0 Å². The first-order valence-electron chi connectivity index (χ1n) is 6.00. The van der Waals surface area contributed by atoms with Crippen molar-refractivity contribution in [3.05, 3.63) is 29.8 Å². The van der Waals surface area contributed by atoms with Crippen molar-refractivity contribution >= 4 is 11.6 Å². The van der Waals surface area contributed by atoms with Crippen molar-refractivity contribution in [2.24, 2.45) is 11.8 Å². The third kappa shape index (κ3) is 2.35. The topological polar surface area (TPSA) is 9.23 Å². The average molecular weight is 239 g/mol. The van der Waals surface area contributed by atoms with Gasteiger partial charge in [-0.1, -0.05) is 31.9 Å². The molecule has 1 aromatic carbocycles. The molecular formula is C14H19ClO. The Morgan fingerprint density at radius 2 is 1.94 bits per heavy atom. The zero-order chi connectivity index (χ0) is 11.5. The lowest BCUT2D eigenvalue weighted by atomic mass is 9.90. The van der Waals surface area contributed by atoms with Crippen molar-refractivity contribution in [1.82, 2.24) is 0 Å². The first-order chi connectivity index (χ1) is 7.72. The standard InChI is InChI=1S/C14H19ClO/c1-10-4-3-5-13(10)14(15)11-6-8-12(16-2)9-7-11/h6-10,13-14H,3-5H2,1-2H3. The van der Waals surface area contributed by atoms with E-state index in [0.717, 1.165) is 11.7 Å². The summed E-state index contributed by atoms with van der Waals surface area (Å²) >= 11 is 6.56. The highest BCUT2D eigenvalue weighted by atomic mass is 35.5. The Balaban J connectivity index is 2.10. The number of ether oxygens (including phenoxy) is 1. The number of methoxy groups -OCH3 is 1. The molecule has 1 aliphatic rings. The fourth-order valence-electron chi connectivity index (χ4n) is 2.64. The van der Waals surface area contributed by atoms with Crippen LogP contribution in [0.5, 0.6) is 5.75 Å². The van der Waals surface area contributed by atoms with Gasteiger partial charge in [0.2, 0.25) is 0 Å². The summed E-state index contributed by atoms with van der Waals surface area (Å²) in [6.45, 7) is 2.32. The first kappa shape index (κ1) is 11.8. The normalized spacial score (nSPS) is 26.7. The maximum atomic E-state index is 6.56. The Kier molecular flexibility index (Phi) is 3.75. The zero-order valence-electron chi connectivity index (χ0n) is 9.95. The first-order valence-corrected chi connectivity index (χ1v) is 6.44. The van der Waals surface area contributed by atoms with Gasteiger partial charge in [0.05, 0.1) is 12.5 Å². The lowest BCUT2D eigenvalue weighted by Crippen LogP contribution is -2.10. The Hall–Kier alpha value is -0.690. The summed E-state index contributed by atoms with van der Waals surface area (Å²) in [5, 5.41) is 0.156. The lowest BCUT2D eigenvalue weighted by Gasteiger charge is -2.21. The number of hydrogen-bond donors (Lipinski definition) is 0. The van der Waals surface area contributed by atoms with E-state index in [4.69, 9.17) is 16.3 Å². The molecule has 0 bridgehead atoms. The van der Waals surface area contributed by atoms with Crippen LogP contribution in [0.4, 0.5) is 0 Å². The molecule has 2 rings (SSSR count). The second-order valence-electron chi connectivity index (χ2n) is 4.75. The summed E-state index contributed by atoms with van der Waals surface area (Å²) in [7, 11) is 1.69. The maximum Gasteiger partial charge on any atom is 0.118 e. The van der Waals surface area contributed by atoms with Crippen LogP contribution in [-0.4, -0.2) is 7.11 Å². The fourth-order valence-corrected chi connectivity index (χ4v) is 3.16. The summed E-state index contributed by atoms with van der Waals surface area (Å²) in [4.78, 5) is 0. The van der Waals surface area contributed by atoms with Gasteiger partial charge in [-0.05, 0) is 36.0 Å². The predicted octanol–water partition coefficient (Wildman–Crippen LogP) is 4.41. The van der Waals surface area contributed by atoms with E-state index in [2.05, 4.69) is 19.1 Å². The van der Waals surface area contributed by atoms with Gasteiger partial charge in [0.1, 0.15) is 5.75 Å². The van der Waals surface area contributed by atoms with Crippen LogP contribution in [0.2, 0.25) is 0 Å². The van der Waals surface area contributed by atoms with E-state index in [1.165, 1.54) is 24.8 Å². The van der Waals surface area contributed by atoms with Crippen LogP contribution >= 0.6 is 11.6 Å². The third-order valence-corrected chi connectivity index (χ3v) is 4.31. The van der Waals surface area contributed by atoms with E-state index in [-0.39, 0.29) is 5.38 Å². The van der Waals surface area contributed by atoms with Gasteiger partial charge in [0.25, 0.3) is 0 Å². The van der Waals surface area contributed by atoms with Crippen molar-refractivity contribution in [2.75, 3.05) is 7.11 Å². The van der Waals surface area contributed by atoms with Gasteiger partial charge in [-0.2, -0.15) is 0 Å². The molecule has 1 fully saturated rings. The van der Waals surface area contributed by atoms with Crippen LogP contribution in [0.1, 0.15) is 37.1 Å². The van der Waals surface area contributed by atoms with Crippen LogP contribution in [0.25, 0.3) is 0 Å². The largest absolute Gasteiger partial charge is 0.497 e. The van der Waals surface area contributed by atoms with Crippen molar-refractivity contribution in [3.63, 3.8) is 0 Å². The molecule has 0 radical (unpaired) electrons. The molecule has 0 aromatic heterocycles. The van der Waals surface area contributed by atoms with Gasteiger partial charge in [-0.3, -0.25) is 0 Å². The Morgan fingerprint density at radius 1 is 1.25 bits per heavy atom. The number of alkyl halides is 1. The van der Waals surface area contributed by atoms with Gasteiger partial charge < -0.3 is 4.74 Å². The van der Waals surface area contributed by atoms with E-state index in [0.29, 0.717) is 5.92 Å². The average Bonchev–Trinajstić information content (AvgIpc) is 2.75. The summed E-state index contributed by atoms with van der Waals surface area (Å²) < 4.78 is 5.15. The predicted molar refractivity (Wildman–Crippen MR) is 68.1 cm³/mol. The van der Waals surface area contributed by atoms with Crippen LogP contribution in [0.15, 0.2) is 24.3 Å². The summed E-state index contributed by atoms with van der Waals surface area (Å²) in [5.41, 5.74) is 1.22. The van der Waals surface area contributed by atoms with Crippen LogP contribution in [0, 0.1) is 11.8 Å². The third-order valence-electron chi connectivity index (χ3n) is 3.74. The van der Waals surface area contributed by atoms with Crippen LogP contribution in [0.3, 0.4) is 0 Å². The summed E-state index contributed by atoms with van der Waals surface area (Å²) in [6.07, 6.45) is 3.91. The van der Waals surface area contributed by atoms with Gasteiger partial charge in [-0.25, -0.2) is 0 Å². The molecular weight excluding hydrogens is 220 g/mol. The van der Waals surface area contributed by atoms with Crippen molar-refractivity contribution in [3.8, 4) is 5.75 Å². The Morgan fingerprint density at radius 3 is 2.44 bits per heavy atom. The highest BCUT2D eigenvalue weighted by Gasteiger charge is 2.30. The van der Waals surface area contributed by atoms with E-state index in [9.17, 15) is 0 Å². The minimum Gasteiger partial charge on any atom is -0.497 e. The number of benzene rings is 1. The minimum absolute atomic E-state index is 0.156. The second kappa shape index (κ2) is 5.09. The fraction of sp³-hybridized carbons (Fsp3) is 0.571. The molecule has 1 aliphatic carbocycles. The van der Waals surface area contributed by atoms with E-state index in [1.54, 1.807) is 7.11 Å². The van der Waals surface area contributed by atoms with E-state index in [1.807, 2.05) is 12.1 Å². The van der Waals surface area contributed by atoms with Crippen molar-refractivity contribution in [1.29, 1.82) is 0 Å². The molecule has 88 valence electrons. The SMILES string of the molecule is COc1ccc(C(Cl)C2CCCC2C)cc1. The molecule has 0 N–H and O–H groups in total. The monoisotopic (exact) mass is 238 g/mol. The van der Waals surface area contributed by atoms with Crippen molar-refractivity contribution < 1.29 is 4.74 Å².